The van der Waals surface area contributed by atoms with Gasteiger partial charge in [-0.25, -0.2) is 4.39 Å². The summed E-state index contributed by atoms with van der Waals surface area (Å²) in [6.07, 6.45) is 0.823. The van der Waals surface area contributed by atoms with Gasteiger partial charge in [0.2, 0.25) is 0 Å². The van der Waals surface area contributed by atoms with E-state index in [1.165, 1.54) is 6.07 Å². The largest absolute Gasteiger partial charge is 0.493 e. The molecule has 1 fully saturated rings. The number of benzene rings is 1. The summed E-state index contributed by atoms with van der Waals surface area (Å²) in [5, 5.41) is 0. The Morgan fingerprint density at radius 3 is 2.75 bits per heavy atom. The van der Waals surface area contributed by atoms with Crippen LogP contribution in [0.5, 0.6) is 5.75 Å². The fourth-order valence-corrected chi connectivity index (χ4v) is 3.36. The highest BCUT2D eigenvalue weighted by Gasteiger charge is 2.42. The van der Waals surface area contributed by atoms with Gasteiger partial charge in [0.1, 0.15) is 11.6 Å². The molecule has 2 aliphatic rings. The maximum absolute atomic E-state index is 13.7. The Balaban J connectivity index is 1.99. The van der Waals surface area contributed by atoms with Crippen LogP contribution in [0.4, 0.5) is 4.39 Å². The molecule has 0 bridgehead atoms. The molecule has 2 N–H and O–H groups in total. The number of hydrogen-bond acceptors (Lipinski definition) is 4. The zero-order valence-electron chi connectivity index (χ0n) is 11.9. The Morgan fingerprint density at radius 2 is 2.05 bits per heavy atom. The summed E-state index contributed by atoms with van der Waals surface area (Å²) in [5.41, 5.74) is 6.77. The van der Waals surface area contributed by atoms with Gasteiger partial charge in [-0.3, -0.25) is 4.90 Å². The van der Waals surface area contributed by atoms with Crippen molar-refractivity contribution in [1.29, 1.82) is 0 Å². The van der Waals surface area contributed by atoms with Gasteiger partial charge in [-0.05, 0) is 25.2 Å². The number of fused-ring (bicyclic) bond motifs is 1. The topological polar surface area (TPSA) is 41.7 Å². The first-order chi connectivity index (χ1) is 9.65. The minimum Gasteiger partial charge on any atom is -0.493 e. The summed E-state index contributed by atoms with van der Waals surface area (Å²) >= 11 is 0. The molecule has 0 aliphatic carbocycles. The standard InChI is InChI=1S/C15H22FN3O/c1-18-5-7-19(8-6-18)15(11-17)4-9-20-14-3-2-12(16)10-13(14)15/h2-3,10H,4-9,11,17H2,1H3. The molecule has 2 heterocycles. The molecule has 5 heteroatoms. The maximum Gasteiger partial charge on any atom is 0.124 e. The zero-order chi connectivity index (χ0) is 14.2. The summed E-state index contributed by atoms with van der Waals surface area (Å²) in [5.74, 6) is 0.559. The third-order valence-corrected chi connectivity index (χ3v) is 4.66. The van der Waals surface area contributed by atoms with Gasteiger partial charge in [0, 0.05) is 44.7 Å². The first kappa shape index (κ1) is 13.8. The molecule has 4 nitrogen and oxygen atoms in total. The van der Waals surface area contributed by atoms with E-state index in [1.807, 2.05) is 0 Å². The summed E-state index contributed by atoms with van der Waals surface area (Å²) in [4.78, 5) is 4.72. The van der Waals surface area contributed by atoms with Crippen molar-refractivity contribution in [3.63, 3.8) is 0 Å². The summed E-state index contributed by atoms with van der Waals surface area (Å²) in [7, 11) is 2.13. The van der Waals surface area contributed by atoms with Gasteiger partial charge in [0.15, 0.2) is 0 Å². The van der Waals surface area contributed by atoms with Gasteiger partial charge in [-0.15, -0.1) is 0 Å². The Bertz CT molecular complexity index is 488. The number of nitrogens with zero attached hydrogens (tertiary/aromatic N) is 2. The highest BCUT2D eigenvalue weighted by atomic mass is 19.1. The second kappa shape index (κ2) is 5.31. The van der Waals surface area contributed by atoms with Crippen LogP contribution >= 0.6 is 0 Å². The van der Waals surface area contributed by atoms with E-state index >= 15 is 0 Å². The Labute approximate surface area is 119 Å². The number of nitrogens with two attached hydrogens (primary N) is 1. The second-order valence-corrected chi connectivity index (χ2v) is 5.76. The van der Waals surface area contributed by atoms with E-state index in [9.17, 15) is 4.39 Å². The minimum absolute atomic E-state index is 0.221. The van der Waals surface area contributed by atoms with E-state index < -0.39 is 0 Å². The molecule has 0 aromatic heterocycles. The van der Waals surface area contributed by atoms with Gasteiger partial charge in [-0.1, -0.05) is 0 Å². The molecule has 3 rings (SSSR count). The number of piperazine rings is 1. The molecular weight excluding hydrogens is 257 g/mol. The number of hydrogen-bond donors (Lipinski definition) is 1. The van der Waals surface area contributed by atoms with E-state index in [2.05, 4.69) is 16.8 Å². The molecule has 1 atom stereocenters. The Morgan fingerprint density at radius 1 is 1.30 bits per heavy atom. The predicted molar refractivity (Wildman–Crippen MR) is 76.3 cm³/mol. The van der Waals surface area contributed by atoms with Crippen LogP contribution in [-0.4, -0.2) is 56.2 Å². The van der Waals surface area contributed by atoms with Crippen molar-refractivity contribution >= 4 is 0 Å². The van der Waals surface area contributed by atoms with Crippen molar-refractivity contribution in [2.24, 2.45) is 5.73 Å². The van der Waals surface area contributed by atoms with E-state index in [0.29, 0.717) is 13.2 Å². The SMILES string of the molecule is CN1CCN(C2(CN)CCOc3ccc(F)cc32)CC1. The highest BCUT2D eigenvalue weighted by molar-refractivity contribution is 5.42. The smallest absolute Gasteiger partial charge is 0.124 e. The van der Waals surface area contributed by atoms with Gasteiger partial charge >= 0.3 is 0 Å². The van der Waals surface area contributed by atoms with Crippen molar-refractivity contribution in [3.05, 3.63) is 29.6 Å². The molecular formula is C15H22FN3O. The van der Waals surface area contributed by atoms with Crippen LogP contribution in [0.25, 0.3) is 0 Å². The molecule has 1 aromatic carbocycles. The molecule has 110 valence electrons. The lowest BCUT2D eigenvalue weighted by Gasteiger charge is -2.49. The maximum atomic E-state index is 13.7. The van der Waals surface area contributed by atoms with Gasteiger partial charge in [0.05, 0.1) is 12.1 Å². The van der Waals surface area contributed by atoms with Crippen LogP contribution in [0.15, 0.2) is 18.2 Å². The summed E-state index contributed by atoms with van der Waals surface area (Å²) in [6, 6.07) is 4.78. The van der Waals surface area contributed by atoms with E-state index in [1.54, 1.807) is 12.1 Å². The molecule has 1 unspecified atom stereocenters. The van der Waals surface area contributed by atoms with Crippen LogP contribution in [0.1, 0.15) is 12.0 Å². The van der Waals surface area contributed by atoms with Crippen molar-refractivity contribution in [1.82, 2.24) is 9.80 Å². The lowest BCUT2D eigenvalue weighted by atomic mass is 9.82. The molecule has 20 heavy (non-hydrogen) atoms. The quantitative estimate of drug-likeness (QED) is 0.877. The highest BCUT2D eigenvalue weighted by Crippen LogP contribution is 2.41. The first-order valence-corrected chi connectivity index (χ1v) is 7.22. The van der Waals surface area contributed by atoms with E-state index in [0.717, 1.165) is 43.9 Å². The fourth-order valence-electron chi connectivity index (χ4n) is 3.36. The third kappa shape index (κ3) is 2.20. The average Bonchev–Trinajstić information content (AvgIpc) is 2.47. The van der Waals surface area contributed by atoms with E-state index in [4.69, 9.17) is 10.5 Å². The Kier molecular flexibility index (Phi) is 3.67. The predicted octanol–water partition coefficient (Wildman–Crippen LogP) is 1.01. The monoisotopic (exact) mass is 279 g/mol. The normalized spacial score (nSPS) is 27.9. The molecule has 1 aromatic rings. The van der Waals surface area contributed by atoms with Crippen LogP contribution in [0.3, 0.4) is 0 Å². The number of halogens is 1. The lowest BCUT2D eigenvalue weighted by molar-refractivity contribution is 0.0136. The van der Waals surface area contributed by atoms with Crippen molar-refractivity contribution in [3.8, 4) is 5.75 Å². The third-order valence-electron chi connectivity index (χ3n) is 4.66. The molecule has 0 radical (unpaired) electrons. The van der Waals surface area contributed by atoms with Gasteiger partial charge in [0.25, 0.3) is 0 Å². The number of rotatable bonds is 2. The van der Waals surface area contributed by atoms with Crippen LogP contribution in [-0.2, 0) is 5.54 Å². The average molecular weight is 279 g/mol. The first-order valence-electron chi connectivity index (χ1n) is 7.22. The fraction of sp³-hybridized carbons (Fsp3) is 0.600. The lowest BCUT2D eigenvalue weighted by Crippen LogP contribution is -2.59. The second-order valence-electron chi connectivity index (χ2n) is 5.76. The van der Waals surface area contributed by atoms with Crippen LogP contribution in [0.2, 0.25) is 0 Å². The van der Waals surface area contributed by atoms with Gasteiger partial charge in [-0.2, -0.15) is 0 Å². The molecule has 2 aliphatic heterocycles. The zero-order valence-corrected chi connectivity index (χ0v) is 11.9. The van der Waals surface area contributed by atoms with Crippen molar-refractivity contribution < 1.29 is 9.13 Å². The summed E-state index contributed by atoms with van der Waals surface area (Å²) < 4.78 is 19.4. The van der Waals surface area contributed by atoms with Gasteiger partial charge < -0.3 is 15.4 Å². The number of likely N-dealkylation sites (N-methyl/N-ethyl adjacent to an activating group) is 1. The molecule has 0 amide bonds. The van der Waals surface area contributed by atoms with Crippen LogP contribution < -0.4 is 10.5 Å². The van der Waals surface area contributed by atoms with Crippen molar-refractivity contribution in [2.75, 3.05) is 46.4 Å². The van der Waals surface area contributed by atoms with E-state index in [-0.39, 0.29) is 11.4 Å². The molecule has 0 saturated carbocycles. The minimum atomic E-state index is -0.281. The van der Waals surface area contributed by atoms with Crippen LogP contribution in [0, 0.1) is 5.82 Å². The number of ether oxygens (including phenoxy) is 1. The molecule has 0 spiro atoms. The Hall–Kier alpha value is -1.17. The summed E-state index contributed by atoms with van der Waals surface area (Å²) in [6.45, 7) is 5.10. The molecule has 1 saturated heterocycles. The van der Waals surface area contributed by atoms with Crippen molar-refractivity contribution in [2.45, 2.75) is 12.0 Å².